The molecule has 0 aliphatic carbocycles. The van der Waals surface area contributed by atoms with Crippen molar-refractivity contribution in [2.75, 3.05) is 20.2 Å². The molecular formula is C19H28N2O3. The molecule has 0 radical (unpaired) electrons. The molecule has 132 valence electrons. The minimum absolute atomic E-state index is 0.0136. The van der Waals surface area contributed by atoms with Crippen molar-refractivity contribution in [3.8, 4) is 5.75 Å². The second-order valence-corrected chi connectivity index (χ2v) is 6.60. The van der Waals surface area contributed by atoms with Crippen molar-refractivity contribution < 1.29 is 14.3 Å². The Morgan fingerprint density at radius 3 is 2.33 bits per heavy atom. The summed E-state index contributed by atoms with van der Waals surface area (Å²) in [6.45, 7) is 5.26. The molecule has 0 aromatic heterocycles. The van der Waals surface area contributed by atoms with E-state index in [0.29, 0.717) is 31.5 Å². The molecule has 1 fully saturated rings. The van der Waals surface area contributed by atoms with E-state index in [0.717, 1.165) is 12.2 Å². The number of carbonyl (C=O) groups is 2. The maximum Gasteiger partial charge on any atom is 0.239 e. The molecule has 2 rings (SSSR count). The lowest BCUT2D eigenvalue weighted by molar-refractivity contribution is -0.135. The zero-order valence-electron chi connectivity index (χ0n) is 14.8. The van der Waals surface area contributed by atoms with Gasteiger partial charge in [0.2, 0.25) is 5.91 Å². The van der Waals surface area contributed by atoms with Crippen LogP contribution in [0.3, 0.4) is 0 Å². The average Bonchev–Trinajstić information content (AvgIpc) is 2.65. The number of piperidine rings is 1. The lowest BCUT2D eigenvalue weighted by Gasteiger charge is -2.34. The zero-order chi connectivity index (χ0) is 17.7. The van der Waals surface area contributed by atoms with Crippen LogP contribution in [0, 0.1) is 11.8 Å². The Balaban J connectivity index is 1.92. The number of hydrogen-bond acceptors (Lipinski definition) is 4. The standard InChI is InChI=1S/C19H28N2O3/c1-4-13(2)17(20)19(23)21-11-9-15(10-12-21)18(22)14-5-7-16(24-3)8-6-14/h5-8,13,15,17H,4,9-12,20H2,1-3H3. The van der Waals surface area contributed by atoms with Crippen LogP contribution in [0.4, 0.5) is 0 Å². The van der Waals surface area contributed by atoms with Gasteiger partial charge in [-0.05, 0) is 43.0 Å². The van der Waals surface area contributed by atoms with E-state index in [9.17, 15) is 9.59 Å². The predicted molar refractivity (Wildman–Crippen MR) is 94.1 cm³/mol. The number of methoxy groups -OCH3 is 1. The van der Waals surface area contributed by atoms with E-state index < -0.39 is 6.04 Å². The Hall–Kier alpha value is -1.88. The molecule has 1 aromatic rings. The van der Waals surface area contributed by atoms with E-state index in [1.165, 1.54) is 0 Å². The third-order valence-corrected chi connectivity index (χ3v) is 5.09. The van der Waals surface area contributed by atoms with Crippen LogP contribution >= 0.6 is 0 Å². The third kappa shape index (κ3) is 4.15. The maximum atomic E-state index is 12.6. The van der Waals surface area contributed by atoms with Gasteiger partial charge in [0.1, 0.15) is 5.75 Å². The number of hydrogen-bond donors (Lipinski definition) is 1. The molecule has 1 aromatic carbocycles. The highest BCUT2D eigenvalue weighted by atomic mass is 16.5. The molecular weight excluding hydrogens is 304 g/mol. The van der Waals surface area contributed by atoms with Crippen LogP contribution in [0.25, 0.3) is 0 Å². The summed E-state index contributed by atoms with van der Waals surface area (Å²) >= 11 is 0. The number of Topliss-reactive ketones (excluding diaryl/α,β-unsaturated/α-hetero) is 1. The summed E-state index contributed by atoms with van der Waals surface area (Å²) < 4.78 is 5.12. The van der Waals surface area contributed by atoms with Gasteiger partial charge in [-0.1, -0.05) is 20.3 Å². The normalized spacial score (nSPS) is 18.1. The molecule has 1 aliphatic rings. The van der Waals surface area contributed by atoms with E-state index in [-0.39, 0.29) is 23.5 Å². The number of benzene rings is 1. The first-order valence-electron chi connectivity index (χ1n) is 8.70. The molecule has 2 N–H and O–H groups in total. The van der Waals surface area contributed by atoms with E-state index in [1.807, 2.05) is 18.7 Å². The van der Waals surface area contributed by atoms with Crippen molar-refractivity contribution >= 4 is 11.7 Å². The molecule has 2 atom stereocenters. The first kappa shape index (κ1) is 18.5. The SMILES string of the molecule is CCC(C)C(N)C(=O)N1CCC(C(=O)c2ccc(OC)cc2)CC1. The number of carbonyl (C=O) groups excluding carboxylic acids is 2. The highest BCUT2D eigenvalue weighted by Crippen LogP contribution is 2.24. The predicted octanol–water partition coefficient (Wildman–Crippen LogP) is 2.49. The highest BCUT2D eigenvalue weighted by molar-refractivity contribution is 5.98. The first-order chi connectivity index (χ1) is 11.5. The van der Waals surface area contributed by atoms with Crippen molar-refractivity contribution in [1.29, 1.82) is 0 Å². The fraction of sp³-hybridized carbons (Fsp3) is 0.579. The smallest absolute Gasteiger partial charge is 0.239 e. The summed E-state index contributed by atoms with van der Waals surface area (Å²) in [5, 5.41) is 0. The summed E-state index contributed by atoms with van der Waals surface area (Å²) in [5.74, 6) is 1.06. The topological polar surface area (TPSA) is 72.6 Å². The van der Waals surface area contributed by atoms with Crippen molar-refractivity contribution in [2.24, 2.45) is 17.6 Å². The summed E-state index contributed by atoms with van der Waals surface area (Å²) in [6.07, 6.45) is 2.28. The Labute approximate surface area is 144 Å². The average molecular weight is 332 g/mol. The highest BCUT2D eigenvalue weighted by Gasteiger charge is 2.31. The van der Waals surface area contributed by atoms with E-state index in [4.69, 9.17) is 10.5 Å². The number of ether oxygens (including phenoxy) is 1. The van der Waals surface area contributed by atoms with Crippen LogP contribution in [0.2, 0.25) is 0 Å². The zero-order valence-corrected chi connectivity index (χ0v) is 14.8. The molecule has 24 heavy (non-hydrogen) atoms. The molecule has 5 nitrogen and oxygen atoms in total. The molecule has 1 amide bonds. The monoisotopic (exact) mass is 332 g/mol. The van der Waals surface area contributed by atoms with Gasteiger partial charge in [-0.25, -0.2) is 0 Å². The quantitative estimate of drug-likeness (QED) is 0.812. The fourth-order valence-corrected chi connectivity index (χ4v) is 3.06. The third-order valence-electron chi connectivity index (χ3n) is 5.09. The van der Waals surface area contributed by atoms with Gasteiger partial charge in [-0.15, -0.1) is 0 Å². The molecule has 1 heterocycles. The van der Waals surface area contributed by atoms with Gasteiger partial charge in [0, 0.05) is 24.6 Å². The number of ketones is 1. The van der Waals surface area contributed by atoms with Crippen LogP contribution in [-0.2, 0) is 4.79 Å². The van der Waals surface area contributed by atoms with Gasteiger partial charge in [-0.2, -0.15) is 0 Å². The van der Waals surface area contributed by atoms with Crippen LogP contribution in [-0.4, -0.2) is 42.8 Å². The van der Waals surface area contributed by atoms with Crippen molar-refractivity contribution in [3.05, 3.63) is 29.8 Å². The second-order valence-electron chi connectivity index (χ2n) is 6.60. The minimum Gasteiger partial charge on any atom is -0.497 e. The van der Waals surface area contributed by atoms with E-state index in [1.54, 1.807) is 31.4 Å². The van der Waals surface area contributed by atoms with Crippen molar-refractivity contribution in [1.82, 2.24) is 4.90 Å². The fourth-order valence-electron chi connectivity index (χ4n) is 3.06. The lowest BCUT2D eigenvalue weighted by Crippen LogP contribution is -2.50. The number of amides is 1. The van der Waals surface area contributed by atoms with Gasteiger partial charge in [0.15, 0.2) is 5.78 Å². The van der Waals surface area contributed by atoms with E-state index >= 15 is 0 Å². The number of nitrogens with two attached hydrogens (primary N) is 1. The summed E-state index contributed by atoms with van der Waals surface area (Å²) in [7, 11) is 1.60. The first-order valence-corrected chi connectivity index (χ1v) is 8.70. The number of nitrogens with zero attached hydrogens (tertiary/aromatic N) is 1. The van der Waals surface area contributed by atoms with Crippen molar-refractivity contribution in [3.63, 3.8) is 0 Å². The van der Waals surface area contributed by atoms with Gasteiger partial charge in [-0.3, -0.25) is 9.59 Å². The van der Waals surface area contributed by atoms with Gasteiger partial charge >= 0.3 is 0 Å². The van der Waals surface area contributed by atoms with Gasteiger partial charge in [0.25, 0.3) is 0 Å². The van der Waals surface area contributed by atoms with Crippen LogP contribution < -0.4 is 10.5 Å². The largest absolute Gasteiger partial charge is 0.497 e. The molecule has 0 saturated carbocycles. The van der Waals surface area contributed by atoms with Crippen molar-refractivity contribution in [2.45, 2.75) is 39.2 Å². The van der Waals surface area contributed by atoms with Gasteiger partial charge in [0.05, 0.1) is 13.2 Å². The Bertz CT molecular complexity index is 562. The van der Waals surface area contributed by atoms with Crippen LogP contribution in [0.5, 0.6) is 5.75 Å². The Morgan fingerprint density at radius 2 is 1.83 bits per heavy atom. The second kappa shape index (κ2) is 8.29. The Kier molecular flexibility index (Phi) is 6.37. The maximum absolute atomic E-state index is 12.6. The lowest BCUT2D eigenvalue weighted by atomic mass is 9.88. The summed E-state index contributed by atoms with van der Waals surface area (Å²) in [4.78, 5) is 26.8. The minimum atomic E-state index is -0.441. The number of rotatable bonds is 6. The molecule has 0 spiro atoms. The molecule has 5 heteroatoms. The Morgan fingerprint density at radius 1 is 1.25 bits per heavy atom. The summed E-state index contributed by atoms with van der Waals surface area (Å²) in [5.41, 5.74) is 6.75. The number of likely N-dealkylation sites (tertiary alicyclic amines) is 1. The van der Waals surface area contributed by atoms with E-state index in [2.05, 4.69) is 0 Å². The van der Waals surface area contributed by atoms with Crippen LogP contribution in [0.1, 0.15) is 43.5 Å². The summed E-state index contributed by atoms with van der Waals surface area (Å²) in [6, 6.07) is 6.77. The van der Waals surface area contributed by atoms with Crippen LogP contribution in [0.15, 0.2) is 24.3 Å². The molecule has 2 unspecified atom stereocenters. The molecule has 0 bridgehead atoms. The molecule has 1 aliphatic heterocycles. The molecule has 1 saturated heterocycles. The van der Waals surface area contributed by atoms with Gasteiger partial charge < -0.3 is 15.4 Å².